The number of ether oxygens (including phenoxy) is 1. The summed E-state index contributed by atoms with van der Waals surface area (Å²) in [6.07, 6.45) is 5.14. The molecule has 2 nitrogen and oxygen atoms in total. The molecule has 0 amide bonds. The van der Waals surface area contributed by atoms with Crippen LogP contribution in [0.15, 0.2) is 29.2 Å². The van der Waals surface area contributed by atoms with Gasteiger partial charge in [0.25, 0.3) is 0 Å². The minimum Gasteiger partial charge on any atom is -0.464 e. The third-order valence-electron chi connectivity index (χ3n) is 1.97. The summed E-state index contributed by atoms with van der Waals surface area (Å²) in [4.78, 5) is 0. The normalized spacial score (nSPS) is 10.4. The SMILES string of the molecule is C=CCOCc1ccc(CCCC)o1. The van der Waals surface area contributed by atoms with Gasteiger partial charge < -0.3 is 9.15 Å². The van der Waals surface area contributed by atoms with Crippen LogP contribution in [0.2, 0.25) is 0 Å². The third kappa shape index (κ3) is 3.79. The summed E-state index contributed by atoms with van der Waals surface area (Å²) in [5.74, 6) is 1.96. The van der Waals surface area contributed by atoms with E-state index in [0.717, 1.165) is 17.9 Å². The van der Waals surface area contributed by atoms with E-state index in [1.165, 1.54) is 12.8 Å². The van der Waals surface area contributed by atoms with Crippen molar-refractivity contribution in [3.8, 4) is 0 Å². The van der Waals surface area contributed by atoms with Gasteiger partial charge in [0.15, 0.2) is 0 Å². The molecule has 1 aromatic rings. The molecule has 0 aliphatic rings. The summed E-state index contributed by atoms with van der Waals surface area (Å²) in [7, 11) is 0. The van der Waals surface area contributed by atoms with Crippen molar-refractivity contribution in [3.63, 3.8) is 0 Å². The van der Waals surface area contributed by atoms with Gasteiger partial charge in [0.2, 0.25) is 0 Å². The van der Waals surface area contributed by atoms with Crippen LogP contribution in [0.5, 0.6) is 0 Å². The molecule has 1 rings (SSSR count). The Kier molecular flexibility index (Phi) is 5.08. The van der Waals surface area contributed by atoms with Crippen molar-refractivity contribution in [1.82, 2.24) is 0 Å². The van der Waals surface area contributed by atoms with E-state index in [1.807, 2.05) is 12.1 Å². The Balaban J connectivity index is 2.31. The molecule has 0 radical (unpaired) electrons. The van der Waals surface area contributed by atoms with Crippen molar-refractivity contribution >= 4 is 0 Å². The van der Waals surface area contributed by atoms with Gasteiger partial charge in [0.1, 0.15) is 18.1 Å². The molecule has 0 spiro atoms. The molecule has 78 valence electrons. The van der Waals surface area contributed by atoms with Gasteiger partial charge in [-0.2, -0.15) is 0 Å². The van der Waals surface area contributed by atoms with Gasteiger partial charge >= 0.3 is 0 Å². The molecule has 0 aliphatic carbocycles. The minimum absolute atomic E-state index is 0.540. The van der Waals surface area contributed by atoms with Gasteiger partial charge in [0.05, 0.1) is 6.61 Å². The van der Waals surface area contributed by atoms with E-state index in [4.69, 9.17) is 9.15 Å². The van der Waals surface area contributed by atoms with E-state index >= 15 is 0 Å². The highest BCUT2D eigenvalue weighted by Gasteiger charge is 2.00. The summed E-state index contributed by atoms with van der Waals surface area (Å²) < 4.78 is 10.8. The molecule has 0 fully saturated rings. The number of aryl methyl sites for hydroxylation is 1. The molecule has 0 N–H and O–H groups in total. The number of hydrogen-bond donors (Lipinski definition) is 0. The molecule has 14 heavy (non-hydrogen) atoms. The molecule has 0 bridgehead atoms. The van der Waals surface area contributed by atoms with Crippen molar-refractivity contribution in [1.29, 1.82) is 0 Å². The first-order chi connectivity index (χ1) is 6.86. The van der Waals surface area contributed by atoms with Gasteiger partial charge in [-0.15, -0.1) is 6.58 Å². The molecule has 2 heteroatoms. The highest BCUT2D eigenvalue weighted by atomic mass is 16.5. The second kappa shape index (κ2) is 6.44. The van der Waals surface area contributed by atoms with Crippen LogP contribution in [0.25, 0.3) is 0 Å². The smallest absolute Gasteiger partial charge is 0.129 e. The molecule has 0 unspecified atom stereocenters. The lowest BCUT2D eigenvalue weighted by atomic mass is 10.2. The Hall–Kier alpha value is -1.02. The van der Waals surface area contributed by atoms with E-state index in [0.29, 0.717) is 13.2 Å². The van der Waals surface area contributed by atoms with Crippen molar-refractivity contribution in [3.05, 3.63) is 36.3 Å². The molecular formula is C12H18O2. The van der Waals surface area contributed by atoms with E-state index < -0.39 is 0 Å². The zero-order chi connectivity index (χ0) is 10.2. The summed E-state index contributed by atoms with van der Waals surface area (Å²) in [6, 6.07) is 4.01. The van der Waals surface area contributed by atoms with Gasteiger partial charge in [-0.1, -0.05) is 19.4 Å². The average molecular weight is 194 g/mol. The number of unbranched alkanes of at least 4 members (excludes halogenated alkanes) is 1. The summed E-state index contributed by atoms with van der Waals surface area (Å²) >= 11 is 0. The van der Waals surface area contributed by atoms with E-state index in [-0.39, 0.29) is 0 Å². The summed E-state index contributed by atoms with van der Waals surface area (Å²) in [5, 5.41) is 0. The molecular weight excluding hydrogens is 176 g/mol. The van der Waals surface area contributed by atoms with Crippen LogP contribution in [0.1, 0.15) is 31.3 Å². The number of rotatable bonds is 7. The fraction of sp³-hybridized carbons (Fsp3) is 0.500. The predicted octanol–water partition coefficient (Wildman–Crippen LogP) is 3.32. The van der Waals surface area contributed by atoms with Crippen LogP contribution in [-0.2, 0) is 17.8 Å². The van der Waals surface area contributed by atoms with Crippen molar-refractivity contribution in [2.75, 3.05) is 6.61 Å². The van der Waals surface area contributed by atoms with Crippen LogP contribution < -0.4 is 0 Å². The zero-order valence-corrected chi connectivity index (χ0v) is 8.79. The molecule has 0 saturated heterocycles. The summed E-state index contributed by atoms with van der Waals surface area (Å²) in [5.41, 5.74) is 0. The Morgan fingerprint density at radius 3 is 2.93 bits per heavy atom. The maximum Gasteiger partial charge on any atom is 0.129 e. The minimum atomic E-state index is 0.540. The van der Waals surface area contributed by atoms with Gasteiger partial charge in [-0.3, -0.25) is 0 Å². The number of furan rings is 1. The Morgan fingerprint density at radius 2 is 2.21 bits per heavy atom. The standard InChI is InChI=1S/C12H18O2/c1-3-5-6-11-7-8-12(14-11)10-13-9-4-2/h4,7-8H,2-3,5-6,9-10H2,1H3. The maximum atomic E-state index is 5.57. The predicted molar refractivity (Wildman–Crippen MR) is 57.2 cm³/mol. The third-order valence-corrected chi connectivity index (χ3v) is 1.97. The van der Waals surface area contributed by atoms with E-state index in [9.17, 15) is 0 Å². The lowest BCUT2D eigenvalue weighted by Gasteiger charge is -1.97. The highest BCUT2D eigenvalue weighted by molar-refractivity contribution is 5.06. The molecule has 0 atom stereocenters. The Bertz CT molecular complexity index is 263. The molecule has 0 saturated carbocycles. The lowest BCUT2D eigenvalue weighted by Crippen LogP contribution is -1.90. The van der Waals surface area contributed by atoms with Crippen molar-refractivity contribution in [2.24, 2.45) is 0 Å². The Morgan fingerprint density at radius 1 is 1.43 bits per heavy atom. The fourth-order valence-electron chi connectivity index (χ4n) is 1.23. The van der Waals surface area contributed by atoms with Gasteiger partial charge in [0, 0.05) is 6.42 Å². The zero-order valence-electron chi connectivity index (χ0n) is 8.79. The quantitative estimate of drug-likeness (QED) is 0.490. The van der Waals surface area contributed by atoms with Crippen LogP contribution in [0, 0.1) is 0 Å². The van der Waals surface area contributed by atoms with Crippen LogP contribution in [0.3, 0.4) is 0 Å². The number of hydrogen-bond acceptors (Lipinski definition) is 2. The van der Waals surface area contributed by atoms with E-state index in [2.05, 4.69) is 13.5 Å². The maximum absolute atomic E-state index is 5.57. The average Bonchev–Trinajstić information content (AvgIpc) is 2.63. The van der Waals surface area contributed by atoms with Gasteiger partial charge in [-0.05, 0) is 18.6 Å². The molecule has 0 aromatic carbocycles. The van der Waals surface area contributed by atoms with Crippen molar-refractivity contribution < 1.29 is 9.15 Å². The van der Waals surface area contributed by atoms with Crippen LogP contribution in [-0.4, -0.2) is 6.61 Å². The first-order valence-corrected chi connectivity index (χ1v) is 5.13. The molecule has 0 aliphatic heterocycles. The largest absolute Gasteiger partial charge is 0.464 e. The lowest BCUT2D eigenvalue weighted by molar-refractivity contribution is 0.130. The second-order valence-electron chi connectivity index (χ2n) is 3.28. The van der Waals surface area contributed by atoms with Crippen LogP contribution >= 0.6 is 0 Å². The highest BCUT2D eigenvalue weighted by Crippen LogP contribution is 2.11. The second-order valence-corrected chi connectivity index (χ2v) is 3.28. The Labute approximate surface area is 85.6 Å². The monoisotopic (exact) mass is 194 g/mol. The first-order valence-electron chi connectivity index (χ1n) is 5.13. The molecule has 1 aromatic heterocycles. The topological polar surface area (TPSA) is 22.4 Å². The van der Waals surface area contributed by atoms with Crippen molar-refractivity contribution in [2.45, 2.75) is 32.8 Å². The summed E-state index contributed by atoms with van der Waals surface area (Å²) in [6.45, 7) is 6.87. The first kappa shape index (κ1) is 11.1. The van der Waals surface area contributed by atoms with Crippen LogP contribution in [0.4, 0.5) is 0 Å². The van der Waals surface area contributed by atoms with E-state index in [1.54, 1.807) is 6.08 Å². The van der Waals surface area contributed by atoms with Gasteiger partial charge in [-0.25, -0.2) is 0 Å². The fourth-order valence-corrected chi connectivity index (χ4v) is 1.23. The molecule has 1 heterocycles.